The van der Waals surface area contributed by atoms with Gasteiger partial charge in [-0.2, -0.15) is 0 Å². The van der Waals surface area contributed by atoms with Crippen molar-refractivity contribution >= 4 is 21.8 Å². The van der Waals surface area contributed by atoms with Gasteiger partial charge in [-0.1, -0.05) is 15.9 Å². The second-order valence-electron chi connectivity index (χ2n) is 3.75. The molecule has 1 aromatic carbocycles. The molecule has 0 bridgehead atoms. The highest BCUT2D eigenvalue weighted by Gasteiger charge is 2.10. The highest BCUT2D eigenvalue weighted by Crippen LogP contribution is 2.20. The van der Waals surface area contributed by atoms with Gasteiger partial charge in [0.1, 0.15) is 0 Å². The van der Waals surface area contributed by atoms with Crippen LogP contribution < -0.4 is 5.32 Å². The van der Waals surface area contributed by atoms with E-state index in [-0.39, 0.29) is 12.5 Å². The van der Waals surface area contributed by atoms with Gasteiger partial charge in [-0.05, 0) is 43.5 Å². The first-order valence-corrected chi connectivity index (χ1v) is 6.01. The summed E-state index contributed by atoms with van der Waals surface area (Å²) in [7, 11) is 0. The molecule has 16 heavy (non-hydrogen) atoms. The van der Waals surface area contributed by atoms with Crippen LogP contribution in [0.25, 0.3) is 0 Å². The van der Waals surface area contributed by atoms with Gasteiger partial charge in [0.25, 0.3) is 5.91 Å². The molecule has 0 aliphatic heterocycles. The summed E-state index contributed by atoms with van der Waals surface area (Å²) in [4.78, 5) is 11.8. The molecule has 3 nitrogen and oxygen atoms in total. The molecule has 0 atom stereocenters. The van der Waals surface area contributed by atoms with Crippen LogP contribution in [-0.4, -0.2) is 24.2 Å². The summed E-state index contributed by atoms with van der Waals surface area (Å²) < 4.78 is 1.01. The van der Waals surface area contributed by atoms with Crippen LogP contribution in [0, 0.1) is 13.8 Å². The fourth-order valence-corrected chi connectivity index (χ4v) is 1.86. The zero-order chi connectivity index (χ0) is 12.1. The van der Waals surface area contributed by atoms with E-state index in [0.717, 1.165) is 15.6 Å². The average molecular weight is 286 g/mol. The number of halogens is 1. The Bertz CT molecular complexity index is 391. The molecule has 2 N–H and O–H groups in total. The molecule has 0 saturated heterocycles. The zero-order valence-corrected chi connectivity index (χ0v) is 11.1. The normalized spacial score (nSPS) is 10.2. The largest absolute Gasteiger partial charge is 0.396 e. The van der Waals surface area contributed by atoms with Crippen LogP contribution in [0.5, 0.6) is 0 Å². The fourth-order valence-electron chi connectivity index (χ4n) is 1.40. The first-order valence-electron chi connectivity index (χ1n) is 5.22. The number of benzene rings is 1. The molecule has 1 aromatic rings. The van der Waals surface area contributed by atoms with Gasteiger partial charge in [0.2, 0.25) is 0 Å². The van der Waals surface area contributed by atoms with Crippen molar-refractivity contribution in [3.63, 3.8) is 0 Å². The summed E-state index contributed by atoms with van der Waals surface area (Å²) in [6.45, 7) is 4.46. The van der Waals surface area contributed by atoms with Crippen LogP contribution in [0.1, 0.15) is 27.9 Å². The molecule has 0 heterocycles. The Hall–Kier alpha value is -0.870. The first kappa shape index (κ1) is 13.2. The third-order valence-electron chi connectivity index (χ3n) is 2.37. The smallest absolute Gasteiger partial charge is 0.251 e. The molecule has 4 heteroatoms. The molecule has 0 fully saturated rings. The summed E-state index contributed by atoms with van der Waals surface area (Å²) in [5, 5.41) is 11.4. The van der Waals surface area contributed by atoms with Gasteiger partial charge in [0.05, 0.1) is 0 Å². The fraction of sp³-hybridized carbons (Fsp3) is 0.417. The SMILES string of the molecule is Cc1cc(C(=O)NCCCO)c(C)cc1Br. The van der Waals surface area contributed by atoms with Crippen molar-refractivity contribution in [1.29, 1.82) is 0 Å². The van der Waals surface area contributed by atoms with Crippen molar-refractivity contribution in [3.8, 4) is 0 Å². The number of hydrogen-bond acceptors (Lipinski definition) is 2. The van der Waals surface area contributed by atoms with Crippen LogP contribution in [0.2, 0.25) is 0 Å². The Morgan fingerprint density at radius 2 is 2.06 bits per heavy atom. The Morgan fingerprint density at radius 1 is 1.38 bits per heavy atom. The van der Waals surface area contributed by atoms with E-state index in [9.17, 15) is 4.79 Å². The lowest BCUT2D eigenvalue weighted by molar-refractivity contribution is 0.0950. The summed E-state index contributed by atoms with van der Waals surface area (Å²) in [6, 6.07) is 3.81. The number of hydrogen-bond donors (Lipinski definition) is 2. The van der Waals surface area contributed by atoms with Crippen LogP contribution in [0.3, 0.4) is 0 Å². The van der Waals surface area contributed by atoms with E-state index in [2.05, 4.69) is 21.2 Å². The molecule has 0 aliphatic rings. The van der Waals surface area contributed by atoms with Crippen LogP contribution in [0.4, 0.5) is 0 Å². The predicted octanol–water partition coefficient (Wildman–Crippen LogP) is 2.18. The molecule has 0 spiro atoms. The second-order valence-corrected chi connectivity index (χ2v) is 4.60. The van der Waals surface area contributed by atoms with Crippen molar-refractivity contribution in [1.82, 2.24) is 5.32 Å². The lowest BCUT2D eigenvalue weighted by Crippen LogP contribution is -2.25. The number of aliphatic hydroxyl groups excluding tert-OH is 1. The number of carbonyl (C=O) groups excluding carboxylic acids is 1. The molecule has 0 unspecified atom stereocenters. The summed E-state index contributed by atoms with van der Waals surface area (Å²) in [5.41, 5.74) is 2.68. The monoisotopic (exact) mass is 285 g/mol. The number of nitrogens with one attached hydrogen (secondary N) is 1. The van der Waals surface area contributed by atoms with E-state index in [1.807, 2.05) is 26.0 Å². The Morgan fingerprint density at radius 3 is 2.69 bits per heavy atom. The van der Waals surface area contributed by atoms with Gasteiger partial charge in [-0.15, -0.1) is 0 Å². The van der Waals surface area contributed by atoms with E-state index < -0.39 is 0 Å². The zero-order valence-electron chi connectivity index (χ0n) is 9.51. The molecule has 0 aliphatic carbocycles. The van der Waals surface area contributed by atoms with Crippen molar-refractivity contribution in [2.45, 2.75) is 20.3 Å². The van der Waals surface area contributed by atoms with Crippen molar-refractivity contribution in [2.24, 2.45) is 0 Å². The molecule has 0 saturated carbocycles. The third kappa shape index (κ3) is 3.32. The number of rotatable bonds is 4. The van der Waals surface area contributed by atoms with Gasteiger partial charge in [0, 0.05) is 23.2 Å². The molecule has 1 rings (SSSR count). The Labute approximate surface area is 104 Å². The number of carbonyl (C=O) groups is 1. The highest BCUT2D eigenvalue weighted by atomic mass is 79.9. The predicted molar refractivity (Wildman–Crippen MR) is 67.7 cm³/mol. The van der Waals surface area contributed by atoms with E-state index in [1.165, 1.54) is 0 Å². The lowest BCUT2D eigenvalue weighted by atomic mass is 10.1. The van der Waals surface area contributed by atoms with Crippen LogP contribution in [0.15, 0.2) is 16.6 Å². The molecular weight excluding hydrogens is 270 g/mol. The van der Waals surface area contributed by atoms with Gasteiger partial charge < -0.3 is 10.4 Å². The average Bonchev–Trinajstić information content (AvgIpc) is 2.23. The second kappa shape index (κ2) is 6.01. The quantitative estimate of drug-likeness (QED) is 0.833. The summed E-state index contributed by atoms with van der Waals surface area (Å²) in [6.07, 6.45) is 0.584. The van der Waals surface area contributed by atoms with Crippen LogP contribution >= 0.6 is 15.9 Å². The molecular formula is C12H16BrNO2. The minimum Gasteiger partial charge on any atom is -0.396 e. The van der Waals surface area contributed by atoms with Crippen molar-refractivity contribution in [2.75, 3.05) is 13.2 Å². The maximum atomic E-state index is 11.8. The van der Waals surface area contributed by atoms with Crippen LogP contribution in [-0.2, 0) is 0 Å². The van der Waals surface area contributed by atoms with Gasteiger partial charge >= 0.3 is 0 Å². The van der Waals surface area contributed by atoms with Gasteiger partial charge in [0.15, 0.2) is 0 Å². The Balaban J connectivity index is 2.79. The highest BCUT2D eigenvalue weighted by molar-refractivity contribution is 9.10. The minimum atomic E-state index is -0.0819. The van der Waals surface area contributed by atoms with E-state index in [4.69, 9.17) is 5.11 Å². The summed E-state index contributed by atoms with van der Waals surface area (Å²) in [5.74, 6) is -0.0819. The lowest BCUT2D eigenvalue weighted by Gasteiger charge is -2.09. The topological polar surface area (TPSA) is 49.3 Å². The van der Waals surface area contributed by atoms with E-state index >= 15 is 0 Å². The number of amides is 1. The van der Waals surface area contributed by atoms with Crippen molar-refractivity contribution < 1.29 is 9.90 Å². The molecule has 0 aromatic heterocycles. The first-order chi connectivity index (χ1) is 7.56. The standard InChI is InChI=1S/C12H16BrNO2/c1-8-7-11(13)9(2)6-10(8)12(16)14-4-3-5-15/h6-7,15H,3-5H2,1-2H3,(H,14,16). The number of aryl methyl sites for hydroxylation is 2. The minimum absolute atomic E-state index is 0.0819. The summed E-state index contributed by atoms with van der Waals surface area (Å²) >= 11 is 3.43. The number of aliphatic hydroxyl groups is 1. The maximum absolute atomic E-state index is 11.8. The molecule has 88 valence electrons. The van der Waals surface area contributed by atoms with Gasteiger partial charge in [-0.3, -0.25) is 4.79 Å². The van der Waals surface area contributed by atoms with Gasteiger partial charge in [-0.25, -0.2) is 0 Å². The maximum Gasteiger partial charge on any atom is 0.251 e. The molecule has 1 amide bonds. The third-order valence-corrected chi connectivity index (χ3v) is 3.23. The van der Waals surface area contributed by atoms with E-state index in [0.29, 0.717) is 18.5 Å². The van der Waals surface area contributed by atoms with Crippen molar-refractivity contribution in [3.05, 3.63) is 33.3 Å². The van der Waals surface area contributed by atoms with E-state index in [1.54, 1.807) is 0 Å². The Kier molecular flexibility index (Phi) is 4.96. The molecule has 0 radical (unpaired) electrons.